The van der Waals surface area contributed by atoms with Crippen molar-refractivity contribution < 1.29 is 0 Å². The van der Waals surface area contributed by atoms with Crippen molar-refractivity contribution in [1.29, 1.82) is 0 Å². The molecule has 0 aliphatic heterocycles. The summed E-state index contributed by atoms with van der Waals surface area (Å²) in [6, 6.07) is 0. The van der Waals surface area contributed by atoms with Crippen LogP contribution in [0.25, 0.3) is 0 Å². The van der Waals surface area contributed by atoms with Crippen molar-refractivity contribution in [2.45, 2.75) is 46.0 Å². The van der Waals surface area contributed by atoms with Crippen LogP contribution >= 0.6 is 11.8 Å². The lowest BCUT2D eigenvalue weighted by molar-refractivity contribution is 0.487. The van der Waals surface area contributed by atoms with Gasteiger partial charge in [-0.15, -0.1) is 6.58 Å². The van der Waals surface area contributed by atoms with Gasteiger partial charge in [0.1, 0.15) is 0 Å². The van der Waals surface area contributed by atoms with Gasteiger partial charge in [-0.25, -0.2) is 0 Å². The molecule has 13 heavy (non-hydrogen) atoms. The first-order chi connectivity index (χ1) is 6.16. The van der Waals surface area contributed by atoms with Gasteiger partial charge in [0, 0.05) is 0 Å². The normalized spacial score (nSPS) is 12.8. The highest BCUT2D eigenvalue weighted by atomic mass is 32.2. The Morgan fingerprint density at radius 1 is 1.31 bits per heavy atom. The van der Waals surface area contributed by atoms with Gasteiger partial charge >= 0.3 is 0 Å². The third kappa shape index (κ3) is 10.0. The zero-order chi connectivity index (χ0) is 10.1. The second-order valence-corrected chi connectivity index (χ2v) is 5.08. The minimum Gasteiger partial charge on any atom is -0.165 e. The summed E-state index contributed by atoms with van der Waals surface area (Å²) in [6.45, 7) is 8.41. The average molecular weight is 200 g/mol. The number of allylic oxidation sites excluding steroid dienone is 1. The molecule has 0 saturated heterocycles. The topological polar surface area (TPSA) is 0 Å². The summed E-state index contributed by atoms with van der Waals surface area (Å²) in [5.74, 6) is 2.24. The molecule has 0 fully saturated rings. The van der Waals surface area contributed by atoms with Crippen LogP contribution in [-0.4, -0.2) is 12.0 Å². The highest BCUT2D eigenvalue weighted by Crippen LogP contribution is 2.16. The second-order valence-electron chi connectivity index (χ2n) is 4.09. The molecule has 0 spiro atoms. The van der Waals surface area contributed by atoms with Crippen LogP contribution in [0.15, 0.2) is 12.2 Å². The van der Waals surface area contributed by atoms with Crippen molar-refractivity contribution >= 4 is 11.8 Å². The maximum absolute atomic E-state index is 3.92. The predicted octanol–water partition coefficient (Wildman–Crippen LogP) is 4.51. The largest absolute Gasteiger partial charge is 0.165 e. The Morgan fingerprint density at radius 3 is 2.54 bits per heavy atom. The van der Waals surface area contributed by atoms with E-state index in [2.05, 4.69) is 26.7 Å². The number of hydrogen-bond acceptors (Lipinski definition) is 1. The molecule has 0 nitrogen and oxygen atoms in total. The van der Waals surface area contributed by atoms with Crippen molar-refractivity contribution in [3.63, 3.8) is 0 Å². The molecule has 0 rings (SSSR count). The van der Waals surface area contributed by atoms with Gasteiger partial charge in [0.05, 0.1) is 0 Å². The molecule has 0 aromatic rings. The molecule has 0 aliphatic rings. The first kappa shape index (κ1) is 13.1. The first-order valence-corrected chi connectivity index (χ1v) is 6.69. The van der Waals surface area contributed by atoms with Crippen LogP contribution in [0.1, 0.15) is 46.0 Å². The summed E-state index contributed by atoms with van der Waals surface area (Å²) in [7, 11) is 0. The minimum atomic E-state index is 0.914. The molecule has 0 N–H and O–H groups in total. The SMILES string of the molecule is C=C(C)CCCCC(C)CCSC. The lowest BCUT2D eigenvalue weighted by atomic mass is 10.00. The van der Waals surface area contributed by atoms with Gasteiger partial charge in [0.25, 0.3) is 0 Å². The molecule has 0 heterocycles. The molecular weight excluding hydrogens is 176 g/mol. The molecule has 0 aliphatic carbocycles. The van der Waals surface area contributed by atoms with Gasteiger partial charge in [-0.1, -0.05) is 25.3 Å². The lowest BCUT2D eigenvalue weighted by Crippen LogP contribution is -1.96. The van der Waals surface area contributed by atoms with Crippen LogP contribution in [0.2, 0.25) is 0 Å². The Labute approximate surface area is 88.2 Å². The second kappa shape index (κ2) is 8.68. The van der Waals surface area contributed by atoms with Crippen LogP contribution in [-0.2, 0) is 0 Å². The first-order valence-electron chi connectivity index (χ1n) is 5.30. The molecule has 0 saturated carbocycles. The predicted molar refractivity (Wildman–Crippen MR) is 65.4 cm³/mol. The minimum absolute atomic E-state index is 0.914. The molecule has 1 atom stereocenters. The lowest BCUT2D eigenvalue weighted by Gasteiger charge is -2.09. The van der Waals surface area contributed by atoms with Crippen molar-refractivity contribution in [3.05, 3.63) is 12.2 Å². The fourth-order valence-corrected chi connectivity index (χ4v) is 2.02. The van der Waals surface area contributed by atoms with Crippen LogP contribution < -0.4 is 0 Å². The van der Waals surface area contributed by atoms with E-state index in [-0.39, 0.29) is 0 Å². The maximum atomic E-state index is 3.92. The van der Waals surface area contributed by atoms with E-state index in [1.165, 1.54) is 43.4 Å². The van der Waals surface area contributed by atoms with E-state index in [1.54, 1.807) is 0 Å². The molecule has 0 aromatic heterocycles. The van der Waals surface area contributed by atoms with Gasteiger partial charge in [-0.05, 0) is 44.1 Å². The third-order valence-electron chi connectivity index (χ3n) is 2.37. The van der Waals surface area contributed by atoms with Crippen LogP contribution in [0, 0.1) is 5.92 Å². The maximum Gasteiger partial charge on any atom is -0.00678 e. The monoisotopic (exact) mass is 200 g/mol. The summed E-state index contributed by atoms with van der Waals surface area (Å²) in [5.41, 5.74) is 1.33. The van der Waals surface area contributed by atoms with Crippen molar-refractivity contribution in [2.24, 2.45) is 5.92 Å². The number of rotatable bonds is 8. The van der Waals surface area contributed by atoms with E-state index in [9.17, 15) is 0 Å². The molecule has 0 aromatic carbocycles. The summed E-state index contributed by atoms with van der Waals surface area (Å²) in [4.78, 5) is 0. The molecule has 1 heteroatoms. The van der Waals surface area contributed by atoms with Crippen LogP contribution in [0.3, 0.4) is 0 Å². The van der Waals surface area contributed by atoms with Gasteiger partial charge in [-0.2, -0.15) is 11.8 Å². The van der Waals surface area contributed by atoms with E-state index >= 15 is 0 Å². The van der Waals surface area contributed by atoms with E-state index in [0.717, 1.165) is 5.92 Å². The van der Waals surface area contributed by atoms with Crippen LogP contribution in [0.5, 0.6) is 0 Å². The Balaban J connectivity index is 3.16. The van der Waals surface area contributed by atoms with Gasteiger partial charge in [0.15, 0.2) is 0 Å². The highest BCUT2D eigenvalue weighted by molar-refractivity contribution is 7.98. The van der Waals surface area contributed by atoms with E-state index in [1.807, 2.05) is 11.8 Å². The highest BCUT2D eigenvalue weighted by Gasteiger charge is 2.00. The Bertz CT molecular complexity index is 129. The quantitative estimate of drug-likeness (QED) is 0.410. The summed E-state index contributed by atoms with van der Waals surface area (Å²) in [5, 5.41) is 0. The van der Waals surface area contributed by atoms with Crippen LogP contribution in [0.4, 0.5) is 0 Å². The molecule has 0 bridgehead atoms. The number of unbranched alkanes of at least 4 members (excludes halogenated alkanes) is 1. The van der Waals surface area contributed by atoms with Gasteiger partial charge < -0.3 is 0 Å². The van der Waals surface area contributed by atoms with Crippen molar-refractivity contribution in [2.75, 3.05) is 12.0 Å². The summed E-state index contributed by atoms with van der Waals surface area (Å²) in [6.07, 6.45) is 8.90. The third-order valence-corrected chi connectivity index (χ3v) is 3.01. The molecule has 78 valence electrons. The van der Waals surface area contributed by atoms with E-state index in [4.69, 9.17) is 0 Å². The number of hydrogen-bond donors (Lipinski definition) is 0. The standard InChI is InChI=1S/C12H24S/c1-11(2)7-5-6-8-12(3)9-10-13-4/h12H,1,5-10H2,2-4H3. The van der Waals surface area contributed by atoms with Crippen molar-refractivity contribution in [1.82, 2.24) is 0 Å². The Hall–Kier alpha value is 0.0900. The zero-order valence-electron chi connectivity index (χ0n) is 9.44. The Kier molecular flexibility index (Phi) is 8.74. The number of thioether (sulfide) groups is 1. The van der Waals surface area contributed by atoms with E-state index < -0.39 is 0 Å². The Morgan fingerprint density at radius 2 is 2.00 bits per heavy atom. The van der Waals surface area contributed by atoms with Crippen molar-refractivity contribution in [3.8, 4) is 0 Å². The summed E-state index contributed by atoms with van der Waals surface area (Å²) < 4.78 is 0. The fourth-order valence-electron chi connectivity index (χ4n) is 1.38. The van der Waals surface area contributed by atoms with E-state index in [0.29, 0.717) is 0 Å². The smallest absolute Gasteiger partial charge is 0.00678 e. The molecule has 0 radical (unpaired) electrons. The zero-order valence-corrected chi connectivity index (χ0v) is 10.3. The fraction of sp³-hybridized carbons (Fsp3) is 0.833. The molecule has 1 unspecified atom stereocenters. The van der Waals surface area contributed by atoms with Gasteiger partial charge in [-0.3, -0.25) is 0 Å². The molecule has 0 amide bonds. The van der Waals surface area contributed by atoms with Gasteiger partial charge in [0.2, 0.25) is 0 Å². The molecular formula is C12H24S. The summed E-state index contributed by atoms with van der Waals surface area (Å²) >= 11 is 1.96. The average Bonchev–Trinajstić information content (AvgIpc) is 2.08.